The Hall–Kier alpha value is 0.380. The number of hydrogen-bond acceptors (Lipinski definition) is 4. The van der Waals surface area contributed by atoms with Crippen LogP contribution in [0.2, 0.25) is 0 Å². The largest absolute Gasteiger partial charge is 0.466 e. The van der Waals surface area contributed by atoms with Crippen LogP contribution in [0.5, 0.6) is 0 Å². The van der Waals surface area contributed by atoms with Crippen molar-refractivity contribution in [1.82, 2.24) is 0 Å². The molecular formula is C3H11O6PS. The van der Waals surface area contributed by atoms with Gasteiger partial charge in [0, 0.05) is 5.75 Å². The van der Waals surface area contributed by atoms with Crippen molar-refractivity contribution in [3.05, 3.63) is 0 Å². The summed E-state index contributed by atoms with van der Waals surface area (Å²) in [4.78, 5) is 21.6. The summed E-state index contributed by atoms with van der Waals surface area (Å²) in [6, 6.07) is 0. The second-order valence-electron chi connectivity index (χ2n) is 1.53. The standard InChI is InChI=1S/C3H8O2S.H3O4P/c4-1-3(5)2-6;1-5(2,3)4/h3-6H,1-2H2;(H3,1,2,3,4). The number of hydrogen-bond donors (Lipinski definition) is 6. The quantitative estimate of drug-likeness (QED) is 0.238. The van der Waals surface area contributed by atoms with E-state index in [1.54, 1.807) is 0 Å². The lowest BCUT2D eigenvalue weighted by atomic mass is 10.4. The molecule has 0 aromatic rings. The second kappa shape index (κ2) is 7.05. The molecule has 0 aliphatic carbocycles. The normalized spacial score (nSPS) is 13.3. The summed E-state index contributed by atoms with van der Waals surface area (Å²) in [5, 5.41) is 16.4. The molecule has 0 saturated carbocycles. The van der Waals surface area contributed by atoms with Crippen molar-refractivity contribution in [2.75, 3.05) is 12.4 Å². The van der Waals surface area contributed by atoms with Crippen LogP contribution in [0, 0.1) is 0 Å². The lowest BCUT2D eigenvalue weighted by molar-refractivity contribution is 0.114. The molecule has 0 aliphatic rings. The second-order valence-corrected chi connectivity index (χ2v) is 2.92. The summed E-state index contributed by atoms with van der Waals surface area (Å²) in [6.45, 7) is -0.191. The Morgan fingerprint density at radius 1 is 1.36 bits per heavy atom. The molecule has 0 radical (unpaired) electrons. The van der Waals surface area contributed by atoms with Gasteiger partial charge >= 0.3 is 7.82 Å². The predicted octanol–water partition coefficient (Wildman–Crippen LogP) is -1.66. The maximum atomic E-state index is 8.88. The molecule has 1 unspecified atom stereocenters. The first kappa shape index (κ1) is 13.9. The van der Waals surface area contributed by atoms with E-state index in [-0.39, 0.29) is 6.61 Å². The van der Waals surface area contributed by atoms with Gasteiger partial charge in [-0.1, -0.05) is 0 Å². The zero-order chi connectivity index (χ0) is 9.49. The minimum atomic E-state index is -4.64. The van der Waals surface area contributed by atoms with E-state index in [1.807, 2.05) is 0 Å². The van der Waals surface area contributed by atoms with Crippen molar-refractivity contribution in [3.63, 3.8) is 0 Å². The Labute approximate surface area is 69.2 Å². The van der Waals surface area contributed by atoms with Crippen molar-refractivity contribution in [2.24, 2.45) is 0 Å². The third-order valence-corrected chi connectivity index (χ3v) is 0.843. The highest BCUT2D eigenvalue weighted by molar-refractivity contribution is 7.80. The molecule has 0 fully saturated rings. The molecule has 0 saturated heterocycles. The summed E-state index contributed by atoms with van der Waals surface area (Å²) in [6.07, 6.45) is -0.645. The van der Waals surface area contributed by atoms with Gasteiger partial charge < -0.3 is 24.9 Å². The molecule has 0 aromatic carbocycles. The molecule has 0 rings (SSSR count). The van der Waals surface area contributed by atoms with Gasteiger partial charge in [0.25, 0.3) is 0 Å². The molecule has 5 N–H and O–H groups in total. The summed E-state index contributed by atoms with van der Waals surface area (Å²) < 4.78 is 8.88. The Kier molecular flexibility index (Phi) is 8.93. The van der Waals surface area contributed by atoms with Crippen molar-refractivity contribution in [3.8, 4) is 0 Å². The molecule has 0 aliphatic heterocycles. The fourth-order valence-electron chi connectivity index (χ4n) is 0.0577. The molecule has 0 heterocycles. The Morgan fingerprint density at radius 2 is 1.64 bits per heavy atom. The van der Waals surface area contributed by atoms with Gasteiger partial charge in [-0.2, -0.15) is 12.6 Å². The minimum Gasteiger partial charge on any atom is -0.394 e. The third-order valence-electron chi connectivity index (χ3n) is 0.421. The van der Waals surface area contributed by atoms with Crippen molar-refractivity contribution < 1.29 is 29.5 Å². The van der Waals surface area contributed by atoms with Gasteiger partial charge in [0.15, 0.2) is 0 Å². The average Bonchev–Trinajstić information content (AvgIpc) is 1.83. The molecule has 8 heteroatoms. The van der Waals surface area contributed by atoms with Gasteiger partial charge in [0.1, 0.15) is 0 Å². The fraction of sp³-hybridized carbons (Fsp3) is 1.00. The number of thiol groups is 1. The summed E-state index contributed by atoms with van der Waals surface area (Å²) in [5.74, 6) is 0.330. The first-order valence-electron chi connectivity index (χ1n) is 2.49. The van der Waals surface area contributed by atoms with Crippen molar-refractivity contribution in [2.45, 2.75) is 6.10 Å². The SMILES string of the molecule is O=P(O)(O)O.OCC(O)CS. The Morgan fingerprint density at radius 3 is 1.64 bits per heavy atom. The number of rotatable bonds is 2. The minimum absolute atomic E-state index is 0.191. The lowest BCUT2D eigenvalue weighted by Crippen LogP contribution is -2.12. The van der Waals surface area contributed by atoms with Crippen LogP contribution in [-0.2, 0) is 4.57 Å². The van der Waals surface area contributed by atoms with Crippen LogP contribution in [0.4, 0.5) is 0 Å². The number of aliphatic hydroxyl groups excluding tert-OH is 2. The van der Waals surface area contributed by atoms with Gasteiger partial charge in [-0.3, -0.25) is 0 Å². The Balaban J connectivity index is 0. The molecular weight excluding hydrogens is 195 g/mol. The van der Waals surface area contributed by atoms with E-state index < -0.39 is 13.9 Å². The molecule has 70 valence electrons. The molecule has 0 bridgehead atoms. The predicted molar refractivity (Wildman–Crippen MR) is 41.2 cm³/mol. The average molecular weight is 206 g/mol. The van der Waals surface area contributed by atoms with Crippen LogP contribution in [0.15, 0.2) is 0 Å². The van der Waals surface area contributed by atoms with E-state index in [0.717, 1.165) is 0 Å². The topological polar surface area (TPSA) is 118 Å². The summed E-state index contributed by atoms with van der Waals surface area (Å²) in [7, 11) is -4.64. The van der Waals surface area contributed by atoms with Gasteiger partial charge in [-0.05, 0) is 0 Å². The highest BCUT2D eigenvalue weighted by Gasteiger charge is 2.00. The highest BCUT2D eigenvalue weighted by Crippen LogP contribution is 2.25. The van der Waals surface area contributed by atoms with E-state index in [1.165, 1.54) is 0 Å². The number of phosphoric acid groups is 1. The van der Waals surface area contributed by atoms with Crippen molar-refractivity contribution in [1.29, 1.82) is 0 Å². The van der Waals surface area contributed by atoms with Crippen LogP contribution in [0.25, 0.3) is 0 Å². The summed E-state index contributed by atoms with van der Waals surface area (Å²) in [5.41, 5.74) is 0. The van der Waals surface area contributed by atoms with Crippen LogP contribution in [0.1, 0.15) is 0 Å². The molecule has 11 heavy (non-hydrogen) atoms. The smallest absolute Gasteiger partial charge is 0.394 e. The van der Waals surface area contributed by atoms with E-state index in [0.29, 0.717) is 5.75 Å². The number of aliphatic hydroxyl groups is 2. The van der Waals surface area contributed by atoms with E-state index in [9.17, 15) is 0 Å². The van der Waals surface area contributed by atoms with Crippen LogP contribution >= 0.6 is 20.5 Å². The lowest BCUT2D eigenvalue weighted by Gasteiger charge is -1.96. The van der Waals surface area contributed by atoms with Crippen molar-refractivity contribution >= 4 is 20.5 Å². The van der Waals surface area contributed by atoms with E-state index >= 15 is 0 Å². The maximum absolute atomic E-state index is 8.88. The van der Waals surface area contributed by atoms with Gasteiger partial charge in [0.05, 0.1) is 12.7 Å². The first-order chi connectivity index (χ1) is 4.81. The van der Waals surface area contributed by atoms with E-state index in [4.69, 9.17) is 29.5 Å². The fourth-order valence-corrected chi connectivity index (χ4v) is 0.173. The molecule has 6 nitrogen and oxygen atoms in total. The molecule has 0 amide bonds. The maximum Gasteiger partial charge on any atom is 0.466 e. The van der Waals surface area contributed by atoms with Crippen LogP contribution < -0.4 is 0 Å². The van der Waals surface area contributed by atoms with Gasteiger partial charge in [-0.15, -0.1) is 0 Å². The molecule has 1 atom stereocenters. The first-order valence-corrected chi connectivity index (χ1v) is 4.69. The zero-order valence-corrected chi connectivity index (χ0v) is 7.32. The molecule has 0 spiro atoms. The van der Waals surface area contributed by atoms with Gasteiger partial charge in [-0.25, -0.2) is 4.57 Å². The van der Waals surface area contributed by atoms with Crippen LogP contribution in [0.3, 0.4) is 0 Å². The summed E-state index contributed by atoms with van der Waals surface area (Å²) >= 11 is 3.69. The van der Waals surface area contributed by atoms with Crippen LogP contribution in [-0.4, -0.2) is 43.4 Å². The Bertz CT molecular complexity index is 111. The third kappa shape index (κ3) is 38.0. The zero-order valence-electron chi connectivity index (χ0n) is 5.53. The van der Waals surface area contributed by atoms with E-state index in [2.05, 4.69) is 12.6 Å². The monoisotopic (exact) mass is 206 g/mol. The highest BCUT2D eigenvalue weighted by atomic mass is 32.1. The van der Waals surface area contributed by atoms with Gasteiger partial charge in [0.2, 0.25) is 0 Å². The molecule has 0 aromatic heterocycles.